The van der Waals surface area contributed by atoms with Gasteiger partial charge in [-0.05, 0) is 24.5 Å². The van der Waals surface area contributed by atoms with Gasteiger partial charge in [0.25, 0.3) is 5.91 Å². The minimum atomic E-state index is -0.477. The lowest BCUT2D eigenvalue weighted by Gasteiger charge is -2.16. The van der Waals surface area contributed by atoms with Gasteiger partial charge >= 0.3 is 0 Å². The van der Waals surface area contributed by atoms with Crippen molar-refractivity contribution in [2.75, 3.05) is 11.9 Å². The predicted molar refractivity (Wildman–Crippen MR) is 49.6 cm³/mol. The molecule has 1 aliphatic heterocycles. The van der Waals surface area contributed by atoms with E-state index in [2.05, 4.69) is 10.3 Å². The Balaban J connectivity index is 2.40. The maximum Gasteiger partial charge on any atom is 0.267 e. The van der Waals surface area contributed by atoms with E-state index in [0.717, 1.165) is 30.8 Å². The molecule has 0 saturated carbocycles. The third-order valence-corrected chi connectivity index (χ3v) is 2.15. The number of pyridine rings is 1. The summed E-state index contributed by atoms with van der Waals surface area (Å²) in [5, 5.41) is 3.14. The van der Waals surface area contributed by atoms with Crippen LogP contribution in [0, 0.1) is 0 Å². The zero-order valence-corrected chi connectivity index (χ0v) is 7.21. The summed E-state index contributed by atoms with van der Waals surface area (Å²) >= 11 is 0. The summed E-state index contributed by atoms with van der Waals surface area (Å²) in [6.45, 7) is 0.919. The lowest BCUT2D eigenvalue weighted by molar-refractivity contribution is 0.0995. The molecule has 2 rings (SSSR count). The van der Waals surface area contributed by atoms with Gasteiger partial charge in [-0.3, -0.25) is 4.79 Å². The van der Waals surface area contributed by atoms with Crippen LogP contribution in [0.1, 0.15) is 22.5 Å². The van der Waals surface area contributed by atoms with Crippen LogP contribution in [-0.2, 0) is 6.42 Å². The highest BCUT2D eigenvalue weighted by Gasteiger charge is 2.11. The fraction of sp³-hybridized carbons (Fsp3) is 0.333. The standard InChI is InChI=1S/C9H11N3O/c10-8(13)7-4-3-6-2-1-5-11-9(6)12-7/h3-4H,1-2,5H2,(H2,10,13)(H,11,12). The monoisotopic (exact) mass is 177 g/mol. The van der Waals surface area contributed by atoms with Crippen molar-refractivity contribution in [2.24, 2.45) is 5.73 Å². The molecule has 2 heterocycles. The summed E-state index contributed by atoms with van der Waals surface area (Å²) in [5.41, 5.74) is 6.61. The second-order valence-electron chi connectivity index (χ2n) is 3.10. The molecule has 0 atom stereocenters. The summed E-state index contributed by atoms with van der Waals surface area (Å²) in [5.74, 6) is 0.331. The highest BCUT2D eigenvalue weighted by molar-refractivity contribution is 5.91. The van der Waals surface area contributed by atoms with E-state index in [-0.39, 0.29) is 0 Å². The molecular formula is C9H11N3O. The number of carbonyl (C=O) groups excluding carboxylic acids is 1. The van der Waals surface area contributed by atoms with Crippen molar-refractivity contribution < 1.29 is 4.79 Å². The highest BCUT2D eigenvalue weighted by Crippen LogP contribution is 2.19. The summed E-state index contributed by atoms with van der Waals surface area (Å²) in [7, 11) is 0. The van der Waals surface area contributed by atoms with E-state index in [1.165, 1.54) is 0 Å². The fourth-order valence-corrected chi connectivity index (χ4v) is 1.47. The molecule has 1 aliphatic rings. The zero-order valence-electron chi connectivity index (χ0n) is 7.21. The van der Waals surface area contributed by atoms with Gasteiger partial charge in [-0.25, -0.2) is 4.98 Å². The van der Waals surface area contributed by atoms with Crippen LogP contribution >= 0.6 is 0 Å². The van der Waals surface area contributed by atoms with Crippen LogP contribution in [0.15, 0.2) is 12.1 Å². The largest absolute Gasteiger partial charge is 0.370 e. The topological polar surface area (TPSA) is 68.0 Å². The Morgan fingerprint density at radius 2 is 2.38 bits per heavy atom. The molecule has 1 aromatic rings. The Bertz CT molecular complexity index is 349. The normalized spacial score (nSPS) is 14.5. The number of nitrogens with one attached hydrogen (secondary N) is 1. The van der Waals surface area contributed by atoms with E-state index in [1.807, 2.05) is 6.07 Å². The Labute approximate surface area is 76.2 Å². The number of nitrogens with zero attached hydrogens (tertiary/aromatic N) is 1. The summed E-state index contributed by atoms with van der Waals surface area (Å²) in [6, 6.07) is 3.59. The van der Waals surface area contributed by atoms with Crippen LogP contribution in [0.2, 0.25) is 0 Å². The molecule has 1 aromatic heterocycles. The number of hydrogen-bond acceptors (Lipinski definition) is 3. The molecule has 68 valence electrons. The number of primary amides is 1. The number of fused-ring (bicyclic) bond motifs is 1. The van der Waals surface area contributed by atoms with E-state index >= 15 is 0 Å². The molecule has 4 heteroatoms. The van der Waals surface area contributed by atoms with Gasteiger partial charge in [0.2, 0.25) is 0 Å². The first-order valence-corrected chi connectivity index (χ1v) is 4.31. The molecule has 3 N–H and O–H groups in total. The SMILES string of the molecule is NC(=O)c1ccc2c(n1)NCCC2. The van der Waals surface area contributed by atoms with Gasteiger partial charge in [0, 0.05) is 6.54 Å². The number of carbonyl (C=O) groups is 1. The highest BCUT2D eigenvalue weighted by atomic mass is 16.1. The number of rotatable bonds is 1. The molecular weight excluding hydrogens is 166 g/mol. The van der Waals surface area contributed by atoms with Crippen molar-refractivity contribution in [3.05, 3.63) is 23.4 Å². The van der Waals surface area contributed by atoms with Crippen molar-refractivity contribution in [3.63, 3.8) is 0 Å². The lowest BCUT2D eigenvalue weighted by Crippen LogP contribution is -2.18. The fourth-order valence-electron chi connectivity index (χ4n) is 1.47. The summed E-state index contributed by atoms with van der Waals surface area (Å²) in [4.78, 5) is 14.9. The van der Waals surface area contributed by atoms with E-state index < -0.39 is 5.91 Å². The van der Waals surface area contributed by atoms with Crippen molar-refractivity contribution in [1.82, 2.24) is 4.98 Å². The van der Waals surface area contributed by atoms with Crippen molar-refractivity contribution >= 4 is 11.7 Å². The van der Waals surface area contributed by atoms with Gasteiger partial charge in [0.1, 0.15) is 11.5 Å². The van der Waals surface area contributed by atoms with Gasteiger partial charge in [0.05, 0.1) is 0 Å². The molecule has 0 fully saturated rings. The Hall–Kier alpha value is -1.58. The number of hydrogen-bond donors (Lipinski definition) is 2. The second kappa shape index (κ2) is 3.05. The third kappa shape index (κ3) is 1.47. The first-order chi connectivity index (χ1) is 6.27. The van der Waals surface area contributed by atoms with Crippen LogP contribution in [0.4, 0.5) is 5.82 Å². The minimum absolute atomic E-state index is 0.327. The Kier molecular flexibility index (Phi) is 1.88. The quantitative estimate of drug-likeness (QED) is 0.657. The number of amides is 1. The summed E-state index contributed by atoms with van der Waals surface area (Å²) in [6.07, 6.45) is 2.14. The van der Waals surface area contributed by atoms with E-state index in [0.29, 0.717) is 5.69 Å². The number of aryl methyl sites for hydroxylation is 1. The van der Waals surface area contributed by atoms with E-state index in [9.17, 15) is 4.79 Å². The maximum atomic E-state index is 10.8. The predicted octanol–water partition coefficient (Wildman–Crippen LogP) is 0.539. The molecule has 0 aliphatic carbocycles. The first-order valence-electron chi connectivity index (χ1n) is 4.31. The van der Waals surface area contributed by atoms with Crippen molar-refractivity contribution in [1.29, 1.82) is 0 Å². The molecule has 0 bridgehead atoms. The Morgan fingerprint density at radius 1 is 1.54 bits per heavy atom. The van der Waals surface area contributed by atoms with Crippen LogP contribution < -0.4 is 11.1 Å². The van der Waals surface area contributed by atoms with Gasteiger partial charge < -0.3 is 11.1 Å². The van der Waals surface area contributed by atoms with Crippen LogP contribution in [0.5, 0.6) is 0 Å². The molecule has 0 aromatic carbocycles. The van der Waals surface area contributed by atoms with E-state index in [1.54, 1.807) is 6.07 Å². The van der Waals surface area contributed by atoms with Gasteiger partial charge in [-0.1, -0.05) is 6.07 Å². The molecule has 0 unspecified atom stereocenters. The van der Waals surface area contributed by atoms with Gasteiger partial charge in [0.15, 0.2) is 0 Å². The van der Waals surface area contributed by atoms with Gasteiger partial charge in [-0.15, -0.1) is 0 Å². The lowest BCUT2D eigenvalue weighted by atomic mass is 10.1. The van der Waals surface area contributed by atoms with Crippen LogP contribution in [-0.4, -0.2) is 17.4 Å². The molecule has 1 amide bonds. The average molecular weight is 177 g/mol. The zero-order chi connectivity index (χ0) is 9.26. The van der Waals surface area contributed by atoms with Crippen molar-refractivity contribution in [3.8, 4) is 0 Å². The first kappa shape index (κ1) is 8.04. The number of aromatic nitrogens is 1. The third-order valence-electron chi connectivity index (χ3n) is 2.15. The summed E-state index contributed by atoms with van der Waals surface area (Å²) < 4.78 is 0. The number of nitrogens with two attached hydrogens (primary N) is 1. The molecule has 4 nitrogen and oxygen atoms in total. The van der Waals surface area contributed by atoms with E-state index in [4.69, 9.17) is 5.73 Å². The van der Waals surface area contributed by atoms with Crippen molar-refractivity contribution in [2.45, 2.75) is 12.8 Å². The molecule has 0 saturated heterocycles. The van der Waals surface area contributed by atoms with Crippen LogP contribution in [0.25, 0.3) is 0 Å². The minimum Gasteiger partial charge on any atom is -0.370 e. The molecule has 13 heavy (non-hydrogen) atoms. The Morgan fingerprint density at radius 3 is 3.15 bits per heavy atom. The number of anilines is 1. The smallest absolute Gasteiger partial charge is 0.267 e. The molecule has 0 radical (unpaired) electrons. The average Bonchev–Trinajstić information content (AvgIpc) is 2.17. The second-order valence-corrected chi connectivity index (χ2v) is 3.10. The maximum absolute atomic E-state index is 10.8. The molecule has 0 spiro atoms. The van der Waals surface area contributed by atoms with Gasteiger partial charge in [-0.2, -0.15) is 0 Å². The van der Waals surface area contributed by atoms with Crippen LogP contribution in [0.3, 0.4) is 0 Å².